The van der Waals surface area contributed by atoms with Crippen molar-refractivity contribution < 1.29 is 38.7 Å². The number of benzene rings is 2. The summed E-state index contributed by atoms with van der Waals surface area (Å²) < 4.78 is 23.0. The quantitative estimate of drug-likeness (QED) is 0.275. The highest BCUT2D eigenvalue weighted by Gasteiger charge is 2.30. The van der Waals surface area contributed by atoms with E-state index in [9.17, 15) is 14.7 Å². The number of ether oxygens (including phenoxy) is 4. The van der Waals surface area contributed by atoms with Gasteiger partial charge in [0, 0.05) is 33.6 Å². The maximum absolute atomic E-state index is 12.8. The lowest BCUT2D eigenvalue weighted by Crippen LogP contribution is -2.29. The fraction of sp³-hybridized carbons (Fsp3) is 0.304. The monoisotopic (exact) mass is 569 g/mol. The molecule has 0 saturated heterocycles. The number of aromatic hydroxyl groups is 1. The van der Waals surface area contributed by atoms with E-state index in [0.717, 1.165) is 9.65 Å². The lowest BCUT2D eigenvalue weighted by molar-refractivity contribution is -0.131. The van der Waals surface area contributed by atoms with Crippen LogP contribution in [0, 0.1) is 3.57 Å². The third-order valence-corrected chi connectivity index (χ3v) is 5.42. The van der Waals surface area contributed by atoms with Gasteiger partial charge in [0.05, 0.1) is 6.10 Å². The van der Waals surface area contributed by atoms with E-state index in [0.29, 0.717) is 42.2 Å². The van der Waals surface area contributed by atoms with E-state index in [1.165, 1.54) is 12.1 Å². The van der Waals surface area contributed by atoms with Crippen LogP contribution in [0.15, 0.2) is 48.6 Å². The van der Waals surface area contributed by atoms with E-state index in [4.69, 9.17) is 24.1 Å². The molecule has 0 aromatic heterocycles. The van der Waals surface area contributed by atoms with Gasteiger partial charge in [0.1, 0.15) is 5.75 Å². The van der Waals surface area contributed by atoms with Gasteiger partial charge in [-0.25, -0.2) is 9.59 Å². The normalized spacial score (nSPS) is 14.1. The molecule has 2 aromatic carbocycles. The number of carboxylic acid groups (broad SMARTS) is 1. The predicted molar refractivity (Wildman–Crippen MR) is 128 cm³/mol. The fourth-order valence-corrected chi connectivity index (χ4v) is 3.83. The van der Waals surface area contributed by atoms with Crippen LogP contribution in [-0.2, 0) is 14.3 Å². The number of halogens is 1. The molecule has 1 heterocycles. The molecule has 2 aromatic rings. The summed E-state index contributed by atoms with van der Waals surface area (Å²) in [6.45, 7) is 2.25. The predicted octanol–water partition coefficient (Wildman–Crippen LogP) is 4.84. The number of phenols is 1. The number of hydrogen-bond acceptors (Lipinski definition) is 7. The summed E-state index contributed by atoms with van der Waals surface area (Å²) in [5, 5.41) is 21.9. The first kappa shape index (κ1) is 24.6. The van der Waals surface area contributed by atoms with Gasteiger partial charge < -0.3 is 29.2 Å². The van der Waals surface area contributed by atoms with Crippen molar-refractivity contribution in [2.45, 2.75) is 32.0 Å². The standard InChI is InChI=1S/C23H24INO8/c1-2-30-19(5-3-4-6-21(27)28)22(16-11-14(24)7-9-17(16)26)33-23(29)25-15-8-10-18-20(12-15)32-13-31-18/h4,6-12,19,22,26H,2-3,5,13H2,1H3,(H,25,29)(H,27,28)/b6-4+/t19-,22-/m0/s1. The third kappa shape index (κ3) is 6.99. The Kier molecular flexibility index (Phi) is 8.78. The molecule has 0 saturated carbocycles. The van der Waals surface area contributed by atoms with E-state index in [2.05, 4.69) is 27.9 Å². The molecule has 10 heteroatoms. The van der Waals surface area contributed by atoms with E-state index < -0.39 is 24.3 Å². The molecule has 0 fully saturated rings. The summed E-state index contributed by atoms with van der Waals surface area (Å²) in [5.41, 5.74) is 0.843. The van der Waals surface area contributed by atoms with Crippen molar-refractivity contribution in [2.75, 3.05) is 18.7 Å². The molecule has 176 valence electrons. The second-order valence-corrected chi connectivity index (χ2v) is 8.28. The number of fused-ring (bicyclic) bond motifs is 1. The zero-order valence-corrected chi connectivity index (χ0v) is 20.0. The number of anilines is 1. The Balaban J connectivity index is 1.81. The zero-order chi connectivity index (χ0) is 23.8. The van der Waals surface area contributed by atoms with E-state index in [1.807, 2.05) is 0 Å². The molecule has 33 heavy (non-hydrogen) atoms. The molecule has 1 aliphatic heterocycles. The molecule has 0 spiro atoms. The third-order valence-electron chi connectivity index (χ3n) is 4.75. The van der Waals surface area contributed by atoms with Gasteiger partial charge in [0.25, 0.3) is 0 Å². The molecule has 0 aliphatic carbocycles. The van der Waals surface area contributed by atoms with Crippen LogP contribution in [0.3, 0.4) is 0 Å². The maximum atomic E-state index is 12.8. The number of carbonyl (C=O) groups is 2. The molecule has 3 rings (SSSR count). The van der Waals surface area contributed by atoms with E-state index in [1.54, 1.807) is 37.3 Å². The number of allylic oxidation sites excluding steroid dienone is 1. The fourth-order valence-electron chi connectivity index (χ4n) is 3.31. The van der Waals surface area contributed by atoms with Gasteiger partial charge in [-0.2, -0.15) is 0 Å². The van der Waals surface area contributed by atoms with Crippen molar-refractivity contribution in [2.24, 2.45) is 0 Å². The number of nitrogens with one attached hydrogen (secondary N) is 1. The van der Waals surface area contributed by atoms with Crippen molar-refractivity contribution in [3.63, 3.8) is 0 Å². The molecule has 1 aliphatic rings. The molecule has 2 atom stereocenters. The van der Waals surface area contributed by atoms with Crippen molar-refractivity contribution in [3.05, 3.63) is 57.7 Å². The summed E-state index contributed by atoms with van der Waals surface area (Å²) in [6, 6.07) is 9.93. The van der Waals surface area contributed by atoms with Crippen LogP contribution in [0.4, 0.5) is 10.5 Å². The number of aliphatic carboxylic acids is 1. The van der Waals surface area contributed by atoms with Gasteiger partial charge in [0.15, 0.2) is 17.6 Å². The summed E-state index contributed by atoms with van der Waals surface area (Å²) in [5.74, 6) is 0.00891. The topological polar surface area (TPSA) is 124 Å². The average Bonchev–Trinajstić information content (AvgIpc) is 3.24. The van der Waals surface area contributed by atoms with E-state index >= 15 is 0 Å². The van der Waals surface area contributed by atoms with Gasteiger partial charge in [0.2, 0.25) is 6.79 Å². The van der Waals surface area contributed by atoms with Crippen LogP contribution in [-0.4, -0.2) is 41.8 Å². The number of carbonyl (C=O) groups excluding carboxylic acids is 1. The molecular formula is C23H24INO8. The number of rotatable bonds is 10. The highest BCUT2D eigenvalue weighted by atomic mass is 127. The number of hydrogen-bond donors (Lipinski definition) is 3. The molecular weight excluding hydrogens is 545 g/mol. The van der Waals surface area contributed by atoms with Crippen LogP contribution in [0.25, 0.3) is 0 Å². The average molecular weight is 569 g/mol. The highest BCUT2D eigenvalue weighted by molar-refractivity contribution is 14.1. The number of phenolic OH excluding ortho intramolecular Hbond substituents is 1. The van der Waals surface area contributed by atoms with Crippen molar-refractivity contribution in [3.8, 4) is 17.2 Å². The van der Waals surface area contributed by atoms with Gasteiger partial charge in [-0.15, -0.1) is 0 Å². The summed E-state index contributed by atoms with van der Waals surface area (Å²) in [6.07, 6.45) is 0.992. The second kappa shape index (κ2) is 11.8. The minimum Gasteiger partial charge on any atom is -0.508 e. The van der Waals surface area contributed by atoms with Crippen LogP contribution in [0.1, 0.15) is 31.4 Å². The summed E-state index contributed by atoms with van der Waals surface area (Å²) in [4.78, 5) is 23.5. The van der Waals surface area contributed by atoms with Crippen LogP contribution in [0.2, 0.25) is 0 Å². The van der Waals surface area contributed by atoms with Gasteiger partial charge >= 0.3 is 12.1 Å². The van der Waals surface area contributed by atoms with Crippen molar-refractivity contribution in [1.82, 2.24) is 0 Å². The lowest BCUT2D eigenvalue weighted by atomic mass is 9.99. The molecule has 9 nitrogen and oxygen atoms in total. The lowest BCUT2D eigenvalue weighted by Gasteiger charge is -2.28. The first-order chi connectivity index (χ1) is 15.9. The van der Waals surface area contributed by atoms with Crippen LogP contribution >= 0.6 is 22.6 Å². The van der Waals surface area contributed by atoms with Gasteiger partial charge in [-0.1, -0.05) is 6.08 Å². The second-order valence-electron chi connectivity index (χ2n) is 7.03. The smallest absolute Gasteiger partial charge is 0.412 e. The Morgan fingerprint density at radius 3 is 2.76 bits per heavy atom. The zero-order valence-electron chi connectivity index (χ0n) is 17.8. The number of amides is 1. The Morgan fingerprint density at radius 2 is 2.00 bits per heavy atom. The first-order valence-corrected chi connectivity index (χ1v) is 11.3. The maximum Gasteiger partial charge on any atom is 0.412 e. The van der Waals surface area contributed by atoms with Crippen LogP contribution < -0.4 is 14.8 Å². The minimum absolute atomic E-state index is 0.0397. The Morgan fingerprint density at radius 1 is 1.21 bits per heavy atom. The van der Waals surface area contributed by atoms with Crippen LogP contribution in [0.5, 0.6) is 17.2 Å². The Bertz CT molecular complexity index is 1030. The SMILES string of the molecule is CCO[C@@H](CC/C=C/C(=O)O)[C@@H](OC(=O)Nc1ccc2c(c1)OCO2)c1cc(I)ccc1O. The van der Waals surface area contributed by atoms with Crippen molar-refractivity contribution in [1.29, 1.82) is 0 Å². The minimum atomic E-state index is -1.05. The van der Waals surface area contributed by atoms with Gasteiger partial charge in [-0.3, -0.25) is 5.32 Å². The summed E-state index contributed by atoms with van der Waals surface area (Å²) >= 11 is 2.10. The van der Waals surface area contributed by atoms with Gasteiger partial charge in [-0.05, 0) is 72.7 Å². The Hall–Kier alpha value is -2.99. The van der Waals surface area contributed by atoms with E-state index in [-0.39, 0.29) is 12.5 Å². The van der Waals surface area contributed by atoms with Crippen molar-refractivity contribution >= 4 is 40.3 Å². The molecule has 0 radical (unpaired) electrons. The highest BCUT2D eigenvalue weighted by Crippen LogP contribution is 2.36. The molecule has 1 amide bonds. The Labute approximate surface area is 204 Å². The molecule has 0 unspecified atom stereocenters. The number of carboxylic acids is 1. The largest absolute Gasteiger partial charge is 0.508 e. The first-order valence-electron chi connectivity index (χ1n) is 10.2. The summed E-state index contributed by atoms with van der Waals surface area (Å²) in [7, 11) is 0. The molecule has 3 N–H and O–H groups in total. The molecule has 0 bridgehead atoms.